The zero-order valence-electron chi connectivity index (χ0n) is 4.96. The molecule has 0 heterocycles. The molecule has 0 aliphatic heterocycles. The number of rotatable bonds is 3. The van der Waals surface area contributed by atoms with Crippen molar-refractivity contribution in [3.8, 4) is 0 Å². The smallest absolute Gasteiger partial charge is 0.257 e. The summed E-state index contributed by atoms with van der Waals surface area (Å²) in [5.41, 5.74) is 0. The van der Waals surface area contributed by atoms with Crippen LogP contribution in [-0.2, 0) is 15.2 Å². The Hall–Kier alpha value is -0.0900. The first-order chi connectivity index (χ1) is 3.66. The molecule has 0 radical (unpaired) electrons. The van der Waals surface area contributed by atoms with Crippen molar-refractivity contribution in [1.82, 2.24) is 0 Å². The van der Waals surface area contributed by atoms with Crippen molar-refractivity contribution in [2.75, 3.05) is 0 Å². The molecule has 1 atom stereocenters. The molecule has 0 aromatic carbocycles. The zero-order chi connectivity index (χ0) is 6.57. The SMILES string of the molecule is CC[C@@H](C)O[SH](=O)=O. The van der Waals surface area contributed by atoms with E-state index >= 15 is 0 Å². The Morgan fingerprint density at radius 2 is 2.12 bits per heavy atom. The average molecular weight is 138 g/mol. The van der Waals surface area contributed by atoms with Crippen molar-refractivity contribution in [3.63, 3.8) is 0 Å². The molecule has 0 rings (SSSR count). The van der Waals surface area contributed by atoms with Crippen molar-refractivity contribution in [2.45, 2.75) is 26.4 Å². The molecule has 0 saturated carbocycles. The molecule has 0 fully saturated rings. The van der Waals surface area contributed by atoms with Crippen molar-refractivity contribution >= 4 is 11.0 Å². The van der Waals surface area contributed by atoms with Gasteiger partial charge in [-0.3, -0.25) is 4.18 Å². The molecule has 0 aliphatic carbocycles. The Morgan fingerprint density at radius 1 is 1.62 bits per heavy atom. The van der Waals surface area contributed by atoms with Crippen LogP contribution in [0.3, 0.4) is 0 Å². The summed E-state index contributed by atoms with van der Waals surface area (Å²) in [5.74, 6) is 0. The van der Waals surface area contributed by atoms with E-state index in [0.717, 1.165) is 6.42 Å². The van der Waals surface area contributed by atoms with Gasteiger partial charge in [0.05, 0.1) is 6.10 Å². The van der Waals surface area contributed by atoms with Crippen LogP contribution in [0.5, 0.6) is 0 Å². The van der Waals surface area contributed by atoms with Gasteiger partial charge in [0, 0.05) is 0 Å². The molecule has 0 spiro atoms. The van der Waals surface area contributed by atoms with Gasteiger partial charge >= 0.3 is 0 Å². The minimum atomic E-state index is -2.65. The summed E-state index contributed by atoms with van der Waals surface area (Å²) in [6.45, 7) is 3.58. The molecule has 4 heteroatoms. The van der Waals surface area contributed by atoms with Crippen LogP contribution in [0, 0.1) is 0 Å². The van der Waals surface area contributed by atoms with E-state index < -0.39 is 11.0 Å². The van der Waals surface area contributed by atoms with Crippen LogP contribution in [0.25, 0.3) is 0 Å². The Kier molecular flexibility index (Phi) is 3.81. The topological polar surface area (TPSA) is 43.4 Å². The van der Waals surface area contributed by atoms with E-state index in [0.29, 0.717) is 0 Å². The van der Waals surface area contributed by atoms with Gasteiger partial charge in [-0.1, -0.05) is 6.92 Å². The molecule has 0 saturated heterocycles. The van der Waals surface area contributed by atoms with E-state index in [4.69, 9.17) is 0 Å². The third-order valence-corrected chi connectivity index (χ3v) is 1.37. The molecule has 50 valence electrons. The zero-order valence-corrected chi connectivity index (χ0v) is 5.85. The van der Waals surface area contributed by atoms with Gasteiger partial charge < -0.3 is 0 Å². The minimum absolute atomic E-state index is 0.170. The van der Waals surface area contributed by atoms with Crippen molar-refractivity contribution in [3.05, 3.63) is 0 Å². The fraction of sp³-hybridized carbons (Fsp3) is 1.00. The largest absolute Gasteiger partial charge is 0.269 e. The van der Waals surface area contributed by atoms with E-state index in [1.54, 1.807) is 6.92 Å². The molecule has 3 nitrogen and oxygen atoms in total. The molecule has 0 N–H and O–H groups in total. The average Bonchev–Trinajstić information content (AvgIpc) is 1.65. The molecular formula is C4H10O3S. The fourth-order valence-electron chi connectivity index (χ4n) is 0.221. The van der Waals surface area contributed by atoms with Gasteiger partial charge in [-0.25, -0.2) is 8.42 Å². The van der Waals surface area contributed by atoms with Gasteiger partial charge in [0.25, 0.3) is 11.0 Å². The third kappa shape index (κ3) is 4.08. The highest BCUT2D eigenvalue weighted by molar-refractivity contribution is 7.67. The Balaban J connectivity index is 3.39. The maximum atomic E-state index is 9.78. The second-order valence-electron chi connectivity index (χ2n) is 1.55. The summed E-state index contributed by atoms with van der Waals surface area (Å²) in [6, 6.07) is 0. The summed E-state index contributed by atoms with van der Waals surface area (Å²) in [7, 11) is -2.65. The normalized spacial score (nSPS) is 14.4. The van der Waals surface area contributed by atoms with Crippen LogP contribution >= 0.6 is 0 Å². The van der Waals surface area contributed by atoms with Gasteiger partial charge in [0.2, 0.25) is 0 Å². The molecule has 8 heavy (non-hydrogen) atoms. The highest BCUT2D eigenvalue weighted by Gasteiger charge is 1.96. The van der Waals surface area contributed by atoms with E-state index in [1.807, 2.05) is 6.92 Å². The van der Waals surface area contributed by atoms with E-state index in [1.165, 1.54) is 0 Å². The number of hydrogen-bond donors (Lipinski definition) is 1. The van der Waals surface area contributed by atoms with Crippen LogP contribution in [0.1, 0.15) is 20.3 Å². The van der Waals surface area contributed by atoms with E-state index in [-0.39, 0.29) is 6.10 Å². The van der Waals surface area contributed by atoms with Crippen LogP contribution in [-0.4, -0.2) is 14.5 Å². The quantitative estimate of drug-likeness (QED) is 0.571. The lowest BCUT2D eigenvalue weighted by atomic mass is 10.3. The van der Waals surface area contributed by atoms with Crippen LogP contribution < -0.4 is 0 Å². The van der Waals surface area contributed by atoms with Crippen LogP contribution in [0.15, 0.2) is 0 Å². The second kappa shape index (κ2) is 3.86. The first-order valence-electron chi connectivity index (χ1n) is 2.48. The number of thiol groups is 1. The summed E-state index contributed by atoms with van der Waals surface area (Å²) >= 11 is 0. The molecule has 0 aromatic rings. The first kappa shape index (κ1) is 7.91. The molecule has 0 bridgehead atoms. The minimum Gasteiger partial charge on any atom is -0.269 e. The van der Waals surface area contributed by atoms with Gasteiger partial charge in [0.15, 0.2) is 0 Å². The highest BCUT2D eigenvalue weighted by Crippen LogP contribution is 1.93. The lowest BCUT2D eigenvalue weighted by molar-refractivity contribution is 0.235. The maximum absolute atomic E-state index is 9.78. The van der Waals surface area contributed by atoms with Gasteiger partial charge in [-0.15, -0.1) is 0 Å². The Bertz CT molecular complexity index is 110. The molecule has 0 amide bonds. The van der Waals surface area contributed by atoms with Crippen LogP contribution in [0.2, 0.25) is 0 Å². The summed E-state index contributed by atoms with van der Waals surface area (Å²) in [4.78, 5) is 0. The maximum Gasteiger partial charge on any atom is 0.257 e. The van der Waals surface area contributed by atoms with E-state index in [2.05, 4.69) is 4.18 Å². The number of hydrogen-bond acceptors (Lipinski definition) is 3. The van der Waals surface area contributed by atoms with Crippen LogP contribution in [0.4, 0.5) is 0 Å². The van der Waals surface area contributed by atoms with E-state index in [9.17, 15) is 8.42 Å². The standard InChI is InChI=1S/C4H10O3S/c1-3-4(2)7-8(5)6/h4,8H,3H2,1-2H3/t4-/m1/s1. The monoisotopic (exact) mass is 138 g/mol. The lowest BCUT2D eigenvalue weighted by Gasteiger charge is -2.00. The Morgan fingerprint density at radius 3 is 2.25 bits per heavy atom. The first-order valence-corrected chi connectivity index (χ1v) is 3.57. The molecule has 0 aromatic heterocycles. The van der Waals surface area contributed by atoms with Crippen molar-refractivity contribution in [2.24, 2.45) is 0 Å². The predicted molar refractivity (Wildman–Crippen MR) is 31.2 cm³/mol. The molecule has 0 unspecified atom stereocenters. The van der Waals surface area contributed by atoms with Gasteiger partial charge in [-0.2, -0.15) is 0 Å². The molecular weight excluding hydrogens is 128 g/mol. The predicted octanol–water partition coefficient (Wildman–Crippen LogP) is 0.328. The third-order valence-electron chi connectivity index (χ3n) is 0.841. The summed E-state index contributed by atoms with van der Waals surface area (Å²) < 4.78 is 23.9. The fourth-order valence-corrected chi connectivity index (χ4v) is 0.664. The van der Waals surface area contributed by atoms with Crippen molar-refractivity contribution < 1.29 is 12.6 Å². The highest BCUT2D eigenvalue weighted by atomic mass is 32.2. The summed E-state index contributed by atoms with van der Waals surface area (Å²) in [6.07, 6.45) is 0.555. The molecule has 0 aliphatic rings. The summed E-state index contributed by atoms with van der Waals surface area (Å²) in [5, 5.41) is 0. The van der Waals surface area contributed by atoms with Crippen molar-refractivity contribution in [1.29, 1.82) is 0 Å². The second-order valence-corrected chi connectivity index (χ2v) is 2.21. The Labute approximate surface area is 50.8 Å². The van der Waals surface area contributed by atoms with Gasteiger partial charge in [-0.05, 0) is 13.3 Å². The lowest BCUT2D eigenvalue weighted by Crippen LogP contribution is -2.03. The van der Waals surface area contributed by atoms with Gasteiger partial charge in [0.1, 0.15) is 0 Å².